The molecular formula is C34H44F13NO5SSi2. The van der Waals surface area contributed by atoms with Crippen LogP contribution in [0.2, 0.25) is 36.3 Å². The van der Waals surface area contributed by atoms with Crippen LogP contribution in [0, 0.1) is 6.92 Å². The summed E-state index contributed by atoms with van der Waals surface area (Å²) in [5.74, 6) is -39.2. The largest absolute Gasteiger partial charge is 0.460 e. The van der Waals surface area contributed by atoms with E-state index >= 15 is 17.6 Å². The van der Waals surface area contributed by atoms with E-state index in [1.807, 2.05) is 41.5 Å². The molecule has 0 aliphatic rings. The second kappa shape index (κ2) is 15.5. The van der Waals surface area contributed by atoms with E-state index in [2.05, 4.69) is 9.44 Å². The van der Waals surface area contributed by atoms with Crippen LogP contribution in [0.15, 0.2) is 52.5 Å². The summed E-state index contributed by atoms with van der Waals surface area (Å²) in [6.07, 6.45) is -7.63. The highest BCUT2D eigenvalue weighted by Gasteiger charge is 2.91. The fourth-order valence-corrected chi connectivity index (χ4v) is 6.72. The van der Waals surface area contributed by atoms with Gasteiger partial charge < -0.3 is 8.85 Å². The minimum absolute atomic E-state index is 0.185. The van der Waals surface area contributed by atoms with Crippen molar-refractivity contribution in [3.8, 4) is 0 Å². The fraction of sp³-hybridized carbons (Fsp3) is 0.618. The minimum Gasteiger partial charge on any atom is -0.413 e. The van der Waals surface area contributed by atoms with Crippen molar-refractivity contribution in [3.05, 3.63) is 64.7 Å². The minimum atomic E-state index is -8.22. The van der Waals surface area contributed by atoms with Crippen molar-refractivity contribution in [1.82, 2.24) is 0 Å². The number of hydrogen-bond donors (Lipinski definition) is 0. The number of nitrogens with zero attached hydrogens (tertiary/aromatic N) is 1. The summed E-state index contributed by atoms with van der Waals surface area (Å²) in [7, 11) is -10.9. The number of benzene rings is 2. The van der Waals surface area contributed by atoms with Crippen LogP contribution in [0.3, 0.4) is 0 Å². The molecule has 0 atom stereocenters. The summed E-state index contributed by atoms with van der Waals surface area (Å²) in [5.41, 5.74) is -4.19. The van der Waals surface area contributed by atoms with Crippen LogP contribution in [0.25, 0.3) is 0 Å². The van der Waals surface area contributed by atoms with Gasteiger partial charge in [0.15, 0.2) is 22.3 Å². The van der Waals surface area contributed by atoms with Gasteiger partial charge in [-0.2, -0.15) is 65.5 Å². The van der Waals surface area contributed by atoms with Crippen molar-refractivity contribution >= 4 is 32.5 Å². The fourth-order valence-electron chi connectivity index (χ4n) is 4.07. The molecule has 6 nitrogen and oxygen atoms in total. The molecule has 0 unspecified atom stereocenters. The standard InChI is InChI=1S/C34H44F13NO5SSi2/c1-21-12-14-25(15-13-21)54(49,50)53-48-26(29(35,36)30(37,38)31(39,40)32(41,42)33(43,44)34(45,46)47)24-17-22(19-51-55(8,9)27(2,3)4)16-23(18-24)20-52-56(10,11)28(5,6)7/h12-18H,19-20H2,1-11H3/b48-26+. The van der Waals surface area contributed by atoms with E-state index in [-0.39, 0.29) is 11.1 Å². The second-order valence-corrected chi connectivity index (χ2v) is 27.4. The zero-order valence-electron chi connectivity index (χ0n) is 32.3. The molecule has 0 saturated heterocycles. The summed E-state index contributed by atoms with van der Waals surface area (Å²) < 4.78 is 229. The lowest BCUT2D eigenvalue weighted by Gasteiger charge is -2.39. The van der Waals surface area contributed by atoms with E-state index in [1.54, 1.807) is 26.2 Å². The summed E-state index contributed by atoms with van der Waals surface area (Å²) in [6.45, 7) is 18.4. The summed E-state index contributed by atoms with van der Waals surface area (Å²) >= 11 is 0. The first kappa shape index (κ1) is 49.4. The summed E-state index contributed by atoms with van der Waals surface area (Å²) in [5, 5.41) is 1.58. The van der Waals surface area contributed by atoms with Crippen molar-refractivity contribution in [2.24, 2.45) is 5.16 Å². The van der Waals surface area contributed by atoms with Gasteiger partial charge in [-0.1, -0.05) is 70.5 Å². The Bertz CT molecular complexity index is 1800. The molecule has 0 aliphatic carbocycles. The Hall–Kier alpha value is -2.70. The van der Waals surface area contributed by atoms with Crippen LogP contribution in [0.4, 0.5) is 57.1 Å². The van der Waals surface area contributed by atoms with Gasteiger partial charge in [-0.15, -0.1) is 0 Å². The van der Waals surface area contributed by atoms with Gasteiger partial charge in [0.25, 0.3) is 0 Å². The Morgan fingerprint density at radius 1 is 0.607 bits per heavy atom. The van der Waals surface area contributed by atoms with E-state index in [9.17, 15) is 47.9 Å². The van der Waals surface area contributed by atoms with Crippen LogP contribution in [-0.2, 0) is 36.5 Å². The molecule has 0 fully saturated rings. The van der Waals surface area contributed by atoms with E-state index in [0.29, 0.717) is 17.7 Å². The number of aryl methyl sites for hydroxylation is 1. The number of halogens is 13. The molecule has 0 radical (unpaired) electrons. The molecule has 0 N–H and O–H groups in total. The van der Waals surface area contributed by atoms with Gasteiger partial charge in [0.05, 0.1) is 13.2 Å². The van der Waals surface area contributed by atoms with Crippen molar-refractivity contribution in [3.63, 3.8) is 0 Å². The van der Waals surface area contributed by atoms with Crippen molar-refractivity contribution < 1.29 is 78.6 Å². The normalized spacial score (nSPS) is 15.3. The van der Waals surface area contributed by atoms with Crippen LogP contribution in [0.5, 0.6) is 0 Å². The molecule has 0 saturated carbocycles. The lowest BCUT2D eigenvalue weighted by atomic mass is 9.89. The average Bonchev–Trinajstić information content (AvgIpc) is 3.01. The van der Waals surface area contributed by atoms with Crippen LogP contribution < -0.4 is 0 Å². The zero-order valence-corrected chi connectivity index (χ0v) is 35.1. The van der Waals surface area contributed by atoms with Crippen LogP contribution >= 0.6 is 0 Å². The maximum absolute atomic E-state index is 16.1. The second-order valence-electron chi connectivity index (χ2n) is 16.3. The maximum Gasteiger partial charge on any atom is 0.460 e. The van der Waals surface area contributed by atoms with Crippen molar-refractivity contribution in [2.45, 2.75) is 139 Å². The number of oxime groups is 1. The first-order chi connectivity index (χ1) is 24.6. The van der Waals surface area contributed by atoms with E-state index in [4.69, 9.17) is 8.85 Å². The van der Waals surface area contributed by atoms with Crippen molar-refractivity contribution in [1.29, 1.82) is 0 Å². The van der Waals surface area contributed by atoms with E-state index in [0.717, 1.165) is 24.3 Å². The van der Waals surface area contributed by atoms with E-state index in [1.165, 1.54) is 13.0 Å². The Kier molecular flexibility index (Phi) is 13.7. The van der Waals surface area contributed by atoms with Gasteiger partial charge in [-0.25, -0.2) is 0 Å². The van der Waals surface area contributed by atoms with Gasteiger partial charge in [0.1, 0.15) is 4.90 Å². The topological polar surface area (TPSA) is 74.2 Å². The van der Waals surface area contributed by atoms with Crippen LogP contribution in [-0.4, -0.2) is 66.6 Å². The molecule has 0 aromatic heterocycles. The molecule has 2 aromatic rings. The smallest absolute Gasteiger partial charge is 0.413 e. The number of hydrogen-bond acceptors (Lipinski definition) is 6. The molecule has 0 spiro atoms. The molecule has 0 bridgehead atoms. The quantitative estimate of drug-likeness (QED) is 0.0771. The predicted molar refractivity (Wildman–Crippen MR) is 187 cm³/mol. The predicted octanol–water partition coefficient (Wildman–Crippen LogP) is 11.9. The van der Waals surface area contributed by atoms with E-state index < -0.39 is 102 Å². The maximum atomic E-state index is 16.1. The van der Waals surface area contributed by atoms with Crippen molar-refractivity contribution in [2.75, 3.05) is 0 Å². The van der Waals surface area contributed by atoms with Crippen LogP contribution in [0.1, 0.15) is 63.8 Å². The Morgan fingerprint density at radius 3 is 1.34 bits per heavy atom. The average molecular weight is 882 g/mol. The highest BCUT2D eigenvalue weighted by atomic mass is 32.2. The van der Waals surface area contributed by atoms with Gasteiger partial charge in [0.2, 0.25) is 0 Å². The van der Waals surface area contributed by atoms with Gasteiger partial charge in [0, 0.05) is 5.56 Å². The third-order valence-electron chi connectivity index (χ3n) is 9.90. The molecule has 56 heavy (non-hydrogen) atoms. The molecule has 22 heteroatoms. The zero-order chi connectivity index (χ0) is 44.2. The highest BCUT2D eigenvalue weighted by molar-refractivity contribution is 7.86. The summed E-state index contributed by atoms with van der Waals surface area (Å²) in [6, 6.07) is 6.34. The first-order valence-electron chi connectivity index (χ1n) is 16.6. The third-order valence-corrected chi connectivity index (χ3v) is 20.0. The van der Waals surface area contributed by atoms with Gasteiger partial charge in [-0.3, -0.25) is 4.28 Å². The first-order valence-corrected chi connectivity index (χ1v) is 23.8. The number of rotatable bonds is 15. The van der Waals surface area contributed by atoms with Gasteiger partial charge in [-0.05, 0) is 78.6 Å². The molecule has 2 aromatic carbocycles. The number of alkyl halides is 13. The monoisotopic (exact) mass is 881 g/mol. The molecular weight excluding hydrogens is 838 g/mol. The molecule has 0 aliphatic heterocycles. The SMILES string of the molecule is Cc1ccc(S(=O)(=O)O/N=C(\c2cc(CO[Si](C)(C)C(C)(C)C)cc(CO[Si](C)(C)C(C)(C)C)c2)C(F)(F)C(F)(F)C(F)(F)C(F)(F)C(F)(F)C(F)(F)F)cc1. The molecule has 320 valence electrons. The lowest BCUT2D eigenvalue weighted by molar-refractivity contribution is -0.434. The lowest BCUT2D eigenvalue weighted by Crippen LogP contribution is -2.71. The van der Waals surface area contributed by atoms with Gasteiger partial charge >= 0.3 is 45.9 Å². The third kappa shape index (κ3) is 9.60. The molecule has 2 rings (SSSR count). The molecule has 0 heterocycles. The highest BCUT2D eigenvalue weighted by Crippen LogP contribution is 2.60. The molecule has 0 amide bonds. The summed E-state index contributed by atoms with van der Waals surface area (Å²) in [4.78, 5) is -0.858. The Labute approximate surface area is 319 Å². The Balaban J connectivity index is 3.03. The Morgan fingerprint density at radius 2 is 0.982 bits per heavy atom.